The van der Waals surface area contributed by atoms with Gasteiger partial charge in [0.25, 0.3) is 0 Å². The Morgan fingerprint density at radius 2 is 0.418 bits per heavy atom. The lowest BCUT2D eigenvalue weighted by Gasteiger charge is -2.26. The Morgan fingerprint density at radius 1 is 0.231 bits per heavy atom. The minimum atomic E-state index is -0.114. The second-order valence-corrected chi connectivity index (χ2v) is 32.6. The Bertz CT molecular complexity index is 4520. The van der Waals surface area contributed by atoms with Crippen LogP contribution in [-0.2, 0) is 32.5 Å². The topological polar surface area (TPSA) is 57.4 Å². The van der Waals surface area contributed by atoms with Gasteiger partial charge in [-0.05, 0) is 182 Å². The lowest BCUT2D eigenvalue weighted by Crippen LogP contribution is -2.16. The third-order valence-electron chi connectivity index (χ3n) is 18.4. The number of benzene rings is 7. The fourth-order valence-corrected chi connectivity index (χ4v) is 12.8. The van der Waals surface area contributed by atoms with E-state index in [9.17, 15) is 0 Å². The molecule has 3 aromatic heterocycles. The number of nitrogens with one attached hydrogen (secondary N) is 2. The predicted octanol–water partition coefficient (Wildman–Crippen LogP) is 24.9. The molecule has 0 fully saturated rings. The fraction of sp³-hybridized carbons (Fsp3) is 0.279. The van der Waals surface area contributed by atoms with Crippen LogP contribution in [0.15, 0.2) is 180 Å². The highest BCUT2D eigenvalue weighted by atomic mass is 79.9. The van der Waals surface area contributed by atoms with Gasteiger partial charge in [-0.2, -0.15) is 0 Å². The van der Waals surface area contributed by atoms with Crippen LogP contribution in [0.5, 0.6) is 0 Å². The summed E-state index contributed by atoms with van der Waals surface area (Å²) in [6.07, 6.45) is 8.96. The van der Waals surface area contributed by atoms with Crippen LogP contribution < -0.4 is 0 Å². The van der Waals surface area contributed by atoms with Crippen molar-refractivity contribution in [3.63, 3.8) is 0 Å². The summed E-state index contributed by atoms with van der Waals surface area (Å²) in [5, 5.41) is 0. The van der Waals surface area contributed by atoms with Gasteiger partial charge in [0.1, 0.15) is 0 Å². The molecule has 2 aliphatic heterocycles. The summed E-state index contributed by atoms with van der Waals surface area (Å²) in [5.74, 6) is 0. The number of hydrogen-bond acceptors (Lipinski definition) is 2. The van der Waals surface area contributed by atoms with Gasteiger partial charge in [-0.25, -0.2) is 9.97 Å². The molecular formula is C86H89BrN4. The summed E-state index contributed by atoms with van der Waals surface area (Å²) in [5.41, 5.74) is 30.2. The molecule has 0 atom stereocenters. The zero-order valence-corrected chi connectivity index (χ0v) is 58.4. The molecule has 0 unspecified atom stereocenters. The number of rotatable bonds is 7. The summed E-state index contributed by atoms with van der Waals surface area (Å²) in [6, 6.07) is 66.1. The van der Waals surface area contributed by atoms with Crippen molar-refractivity contribution >= 4 is 62.3 Å². The van der Waals surface area contributed by atoms with Crippen LogP contribution in [-0.4, -0.2) is 19.9 Å². The van der Waals surface area contributed by atoms with E-state index in [4.69, 9.17) is 9.97 Å². The largest absolute Gasteiger partial charge is 0.354 e. The minimum absolute atomic E-state index is 0.110. The predicted molar refractivity (Wildman–Crippen MR) is 397 cm³/mol. The van der Waals surface area contributed by atoms with Crippen LogP contribution in [0.3, 0.4) is 0 Å². The fourth-order valence-electron chi connectivity index (χ4n) is 12.5. The molecule has 0 amide bonds. The van der Waals surface area contributed by atoms with Crippen molar-refractivity contribution in [1.29, 1.82) is 0 Å². The Labute approximate surface area is 550 Å². The average Bonchev–Trinajstić information content (AvgIpc) is 1.70. The zero-order valence-electron chi connectivity index (χ0n) is 56.8. The van der Waals surface area contributed by atoms with Gasteiger partial charge in [0.2, 0.25) is 0 Å². The highest BCUT2D eigenvalue weighted by molar-refractivity contribution is 9.10. The molecule has 4 nitrogen and oxygen atoms in total. The van der Waals surface area contributed by atoms with Gasteiger partial charge in [-0.3, -0.25) is 0 Å². The molecule has 0 saturated heterocycles. The first kappa shape index (κ1) is 62.8. The summed E-state index contributed by atoms with van der Waals surface area (Å²) in [7, 11) is 0. The normalized spacial score (nSPS) is 13.1. The second kappa shape index (κ2) is 23.1. The number of nitrogens with zero attached hydrogens (tertiary/aromatic N) is 2. The molecule has 2 aliphatic rings. The number of aromatic nitrogens is 4. The first-order valence-corrected chi connectivity index (χ1v) is 33.3. The molecule has 2 N–H and O–H groups in total. The van der Waals surface area contributed by atoms with Gasteiger partial charge >= 0.3 is 0 Å². The highest BCUT2D eigenvalue weighted by Gasteiger charge is 2.28. The Balaban J connectivity index is 1.14. The lowest BCUT2D eigenvalue weighted by atomic mass is 9.78. The van der Waals surface area contributed by atoms with E-state index in [1.807, 2.05) is 0 Å². The SMILES string of the molecule is CC(C)(C)c1cc(-c2c3nc(c(-c4cc(C(C)(C)C)cc(C(C)(C)C)c4)c4ccc([nH]4)c(-c4cc(C(C)(C)C)cc(C(C)(C)C)c4)c4nc(c(-c5ccc(-c6ccc(-c7ccc(-c8ccc(Br)cc8)cc7)cc6)cc5)c5ccc2[nH]5)C=C4)C=C3)cc(C(C)(C)C)c1. The molecule has 5 heterocycles. The molecule has 0 spiro atoms. The standard InChI is InChI=1S/C86H89BrN4/c1-81(2,3)62-43-59(44-63(49-62)82(4,5)6)78-71-37-35-69(88-71)77(58-29-27-56(28-30-58)54-21-19-52(20-22-54)53-23-25-55(26-24-53)57-31-33-68(87)34-32-57)70-36-38-72(89-70)79(60-45-64(83(7,8)9)50-65(46-60)84(10,11)12)74-40-42-76(91-74)80(75-41-39-73(78)90-75)61-47-66(85(13,14)15)51-67(48-61)86(16,17)18/h19-51,88,91H,1-18H3. The Hall–Kier alpha value is -8.38. The summed E-state index contributed by atoms with van der Waals surface area (Å²) in [4.78, 5) is 19.9. The molecule has 91 heavy (non-hydrogen) atoms. The van der Waals surface area contributed by atoms with Crippen molar-refractivity contribution in [2.24, 2.45) is 0 Å². The van der Waals surface area contributed by atoms with Crippen molar-refractivity contribution in [2.75, 3.05) is 0 Å². The quantitative estimate of drug-likeness (QED) is 0.167. The summed E-state index contributed by atoms with van der Waals surface area (Å²) >= 11 is 3.58. The van der Waals surface area contributed by atoms with Crippen LogP contribution in [0.4, 0.5) is 0 Å². The molecule has 5 heteroatoms. The van der Waals surface area contributed by atoms with E-state index in [0.29, 0.717) is 0 Å². The molecule has 7 aromatic carbocycles. The first-order chi connectivity index (χ1) is 42.7. The van der Waals surface area contributed by atoms with Crippen molar-refractivity contribution in [1.82, 2.24) is 19.9 Å². The first-order valence-electron chi connectivity index (χ1n) is 32.5. The Morgan fingerprint density at radius 3 is 0.626 bits per heavy atom. The van der Waals surface area contributed by atoms with Crippen LogP contribution >= 0.6 is 15.9 Å². The zero-order chi connectivity index (χ0) is 64.9. The van der Waals surface area contributed by atoms with E-state index in [0.717, 1.165) is 105 Å². The van der Waals surface area contributed by atoms with Gasteiger partial charge in [0.05, 0.1) is 22.8 Å². The summed E-state index contributed by atoms with van der Waals surface area (Å²) < 4.78 is 1.08. The van der Waals surface area contributed by atoms with Crippen molar-refractivity contribution in [2.45, 2.75) is 157 Å². The van der Waals surface area contributed by atoms with Gasteiger partial charge < -0.3 is 9.97 Å². The van der Waals surface area contributed by atoms with Gasteiger partial charge in [0, 0.05) is 48.8 Å². The Kier molecular flexibility index (Phi) is 15.9. The maximum atomic E-state index is 5.87. The van der Waals surface area contributed by atoms with Gasteiger partial charge in [-0.15, -0.1) is 0 Å². The molecule has 10 aromatic rings. The third kappa shape index (κ3) is 13.0. The lowest BCUT2D eigenvalue weighted by molar-refractivity contribution is 0.568. The molecule has 0 aliphatic carbocycles. The van der Waals surface area contributed by atoms with Crippen molar-refractivity contribution < 1.29 is 0 Å². The molecular weight excluding hydrogens is 1170 g/mol. The van der Waals surface area contributed by atoms with Crippen LogP contribution in [0, 0.1) is 0 Å². The smallest absolute Gasteiger partial charge is 0.0737 e. The molecule has 8 bridgehead atoms. The van der Waals surface area contributed by atoms with Crippen LogP contribution in [0.2, 0.25) is 0 Å². The maximum Gasteiger partial charge on any atom is 0.0737 e. The van der Waals surface area contributed by atoms with Gasteiger partial charge in [0.15, 0.2) is 0 Å². The minimum Gasteiger partial charge on any atom is -0.354 e. The number of fused-ring (bicyclic) bond motifs is 8. The second-order valence-electron chi connectivity index (χ2n) is 31.6. The van der Waals surface area contributed by atoms with E-state index >= 15 is 0 Å². The maximum absolute atomic E-state index is 5.87. The molecule has 0 radical (unpaired) electrons. The van der Waals surface area contributed by atoms with Crippen LogP contribution in [0.1, 0.15) is 181 Å². The number of hydrogen-bond donors (Lipinski definition) is 2. The number of aromatic amines is 2. The van der Waals surface area contributed by atoms with E-state index in [1.54, 1.807) is 0 Å². The van der Waals surface area contributed by atoms with Crippen LogP contribution in [0.25, 0.3) is 124 Å². The monoisotopic (exact) mass is 1260 g/mol. The van der Waals surface area contributed by atoms with Crippen molar-refractivity contribution in [3.8, 4) is 77.9 Å². The van der Waals surface area contributed by atoms with E-state index in [2.05, 4.69) is 351 Å². The molecule has 460 valence electrons. The molecule has 0 saturated carbocycles. The number of H-pyrrole nitrogens is 2. The summed E-state index contributed by atoms with van der Waals surface area (Å²) in [6.45, 7) is 41.7. The average molecular weight is 1260 g/mol. The number of halogens is 1. The van der Waals surface area contributed by atoms with E-state index < -0.39 is 0 Å². The van der Waals surface area contributed by atoms with E-state index in [1.165, 1.54) is 55.6 Å². The third-order valence-corrected chi connectivity index (χ3v) is 18.9. The van der Waals surface area contributed by atoms with Crippen molar-refractivity contribution in [3.05, 3.63) is 237 Å². The van der Waals surface area contributed by atoms with E-state index in [-0.39, 0.29) is 32.5 Å². The highest BCUT2D eigenvalue weighted by Crippen LogP contribution is 2.44. The molecule has 12 rings (SSSR count). The van der Waals surface area contributed by atoms with Gasteiger partial charge in [-0.1, -0.05) is 280 Å².